The lowest BCUT2D eigenvalue weighted by atomic mass is 10.2. The van der Waals surface area contributed by atoms with Crippen molar-refractivity contribution in [3.63, 3.8) is 0 Å². The molecular weight excluding hydrogens is 359 g/mol. The maximum absolute atomic E-state index is 14.3. The Hall–Kier alpha value is -1.59. The number of halogens is 3. The quantitative estimate of drug-likeness (QED) is 0.627. The van der Waals surface area contributed by atoms with Gasteiger partial charge in [-0.1, -0.05) is 15.9 Å². The average Bonchev–Trinajstić information content (AvgIpc) is 2.84. The van der Waals surface area contributed by atoms with Crippen molar-refractivity contribution < 1.29 is 9.13 Å². The topological polar surface area (TPSA) is 27.1 Å². The SMILES string of the molecule is COc1ccc2c(c1)nc(CCl)n2-c1ccc(Br)cc1F. The van der Waals surface area contributed by atoms with Crippen molar-refractivity contribution in [2.45, 2.75) is 5.88 Å². The van der Waals surface area contributed by atoms with E-state index in [-0.39, 0.29) is 11.7 Å². The zero-order valence-corrected chi connectivity index (χ0v) is 13.4. The Balaban J connectivity index is 2.29. The number of imidazole rings is 1. The number of hydrogen-bond acceptors (Lipinski definition) is 2. The lowest BCUT2D eigenvalue weighted by molar-refractivity contribution is 0.415. The predicted molar refractivity (Wildman–Crippen MR) is 84.8 cm³/mol. The molecule has 0 fully saturated rings. The Kier molecular flexibility index (Phi) is 3.87. The van der Waals surface area contributed by atoms with Crippen molar-refractivity contribution in [1.82, 2.24) is 9.55 Å². The fraction of sp³-hybridized carbons (Fsp3) is 0.133. The average molecular weight is 370 g/mol. The van der Waals surface area contributed by atoms with Gasteiger partial charge in [-0.2, -0.15) is 0 Å². The van der Waals surface area contributed by atoms with Gasteiger partial charge in [-0.25, -0.2) is 9.37 Å². The number of benzene rings is 2. The summed E-state index contributed by atoms with van der Waals surface area (Å²) >= 11 is 9.22. The zero-order chi connectivity index (χ0) is 15.0. The van der Waals surface area contributed by atoms with E-state index in [1.165, 1.54) is 6.07 Å². The van der Waals surface area contributed by atoms with E-state index in [4.69, 9.17) is 16.3 Å². The highest BCUT2D eigenvalue weighted by atomic mass is 79.9. The summed E-state index contributed by atoms with van der Waals surface area (Å²) in [6.45, 7) is 0. The number of methoxy groups -OCH3 is 1. The molecule has 0 amide bonds. The smallest absolute Gasteiger partial charge is 0.148 e. The van der Waals surface area contributed by atoms with E-state index < -0.39 is 0 Å². The number of ether oxygens (including phenoxy) is 1. The molecule has 1 aromatic heterocycles. The summed E-state index contributed by atoms with van der Waals surface area (Å²) in [5, 5.41) is 0. The highest BCUT2D eigenvalue weighted by Gasteiger charge is 2.15. The zero-order valence-electron chi connectivity index (χ0n) is 11.1. The Bertz CT molecular complexity index is 819. The summed E-state index contributed by atoms with van der Waals surface area (Å²) in [5.41, 5.74) is 1.92. The van der Waals surface area contributed by atoms with Crippen LogP contribution < -0.4 is 4.74 Å². The van der Waals surface area contributed by atoms with E-state index >= 15 is 0 Å². The first-order chi connectivity index (χ1) is 10.1. The van der Waals surface area contributed by atoms with Crippen molar-refractivity contribution in [1.29, 1.82) is 0 Å². The molecule has 0 bridgehead atoms. The number of aromatic nitrogens is 2. The van der Waals surface area contributed by atoms with Gasteiger partial charge in [-0.3, -0.25) is 4.57 Å². The van der Waals surface area contributed by atoms with E-state index in [9.17, 15) is 4.39 Å². The molecule has 21 heavy (non-hydrogen) atoms. The van der Waals surface area contributed by atoms with Crippen LogP contribution in [-0.4, -0.2) is 16.7 Å². The molecule has 0 N–H and O–H groups in total. The number of alkyl halides is 1. The van der Waals surface area contributed by atoms with Crippen LogP contribution in [0.25, 0.3) is 16.7 Å². The lowest BCUT2D eigenvalue weighted by Gasteiger charge is -2.09. The Morgan fingerprint density at radius 1 is 1.29 bits per heavy atom. The Morgan fingerprint density at radius 2 is 2.10 bits per heavy atom. The van der Waals surface area contributed by atoms with Crippen LogP contribution in [0.3, 0.4) is 0 Å². The van der Waals surface area contributed by atoms with Crippen molar-refractivity contribution >= 4 is 38.6 Å². The Labute approximate surface area is 134 Å². The van der Waals surface area contributed by atoms with E-state index in [0.717, 1.165) is 5.52 Å². The molecule has 3 nitrogen and oxygen atoms in total. The molecule has 3 aromatic rings. The van der Waals surface area contributed by atoms with Crippen LogP contribution in [0, 0.1) is 5.82 Å². The number of hydrogen-bond donors (Lipinski definition) is 0. The molecule has 0 unspecified atom stereocenters. The van der Waals surface area contributed by atoms with Crippen molar-refractivity contribution in [3.8, 4) is 11.4 Å². The molecule has 0 saturated heterocycles. The van der Waals surface area contributed by atoms with Gasteiger partial charge in [0, 0.05) is 10.5 Å². The van der Waals surface area contributed by atoms with E-state index in [0.29, 0.717) is 27.3 Å². The lowest BCUT2D eigenvalue weighted by Crippen LogP contribution is -2.02. The van der Waals surface area contributed by atoms with Crippen LogP contribution >= 0.6 is 27.5 Å². The summed E-state index contributed by atoms with van der Waals surface area (Å²) in [5.74, 6) is 1.13. The molecule has 0 radical (unpaired) electrons. The highest BCUT2D eigenvalue weighted by Crippen LogP contribution is 2.28. The third-order valence-corrected chi connectivity index (χ3v) is 3.93. The highest BCUT2D eigenvalue weighted by molar-refractivity contribution is 9.10. The van der Waals surface area contributed by atoms with Crippen LogP contribution in [0.1, 0.15) is 5.82 Å². The number of nitrogens with zero attached hydrogens (tertiary/aromatic N) is 2. The maximum atomic E-state index is 14.3. The van der Waals surface area contributed by atoms with Crippen LogP contribution in [0.15, 0.2) is 40.9 Å². The molecule has 0 saturated carbocycles. The predicted octanol–water partition coefficient (Wildman–Crippen LogP) is 4.67. The van der Waals surface area contributed by atoms with Gasteiger partial charge in [0.1, 0.15) is 17.4 Å². The van der Waals surface area contributed by atoms with Crippen LogP contribution in [0.4, 0.5) is 4.39 Å². The van der Waals surface area contributed by atoms with Gasteiger partial charge >= 0.3 is 0 Å². The normalized spacial score (nSPS) is 11.0. The number of rotatable bonds is 3. The molecule has 2 aromatic carbocycles. The maximum Gasteiger partial charge on any atom is 0.148 e. The summed E-state index contributed by atoms with van der Waals surface area (Å²) in [6.07, 6.45) is 0. The first kappa shape index (κ1) is 14.4. The minimum Gasteiger partial charge on any atom is -0.497 e. The van der Waals surface area contributed by atoms with Crippen molar-refractivity contribution in [2.75, 3.05) is 7.11 Å². The van der Waals surface area contributed by atoms with Crippen LogP contribution in [-0.2, 0) is 5.88 Å². The molecule has 3 rings (SSSR count). The van der Waals surface area contributed by atoms with Gasteiger partial charge in [-0.05, 0) is 30.3 Å². The largest absolute Gasteiger partial charge is 0.497 e. The second-order valence-corrected chi connectivity index (χ2v) is 5.63. The van der Waals surface area contributed by atoms with Gasteiger partial charge in [-0.15, -0.1) is 11.6 Å². The minimum absolute atomic E-state index is 0.187. The second kappa shape index (κ2) is 5.66. The van der Waals surface area contributed by atoms with Crippen molar-refractivity contribution in [2.24, 2.45) is 0 Å². The second-order valence-electron chi connectivity index (χ2n) is 4.45. The summed E-state index contributed by atoms with van der Waals surface area (Å²) in [6, 6.07) is 10.4. The van der Waals surface area contributed by atoms with Gasteiger partial charge in [0.2, 0.25) is 0 Å². The Morgan fingerprint density at radius 3 is 2.76 bits per heavy atom. The summed E-state index contributed by atoms with van der Waals surface area (Å²) < 4.78 is 21.9. The monoisotopic (exact) mass is 368 g/mol. The molecule has 0 aliphatic heterocycles. The fourth-order valence-corrected chi connectivity index (χ4v) is 2.77. The van der Waals surface area contributed by atoms with Crippen LogP contribution in [0.5, 0.6) is 5.75 Å². The molecule has 0 spiro atoms. The molecular formula is C15H11BrClFN2O. The van der Waals surface area contributed by atoms with Crippen molar-refractivity contribution in [3.05, 3.63) is 52.5 Å². The number of fused-ring (bicyclic) bond motifs is 1. The van der Waals surface area contributed by atoms with E-state index in [1.54, 1.807) is 29.9 Å². The van der Waals surface area contributed by atoms with Gasteiger partial charge < -0.3 is 4.74 Å². The van der Waals surface area contributed by atoms with E-state index in [2.05, 4.69) is 20.9 Å². The first-order valence-electron chi connectivity index (χ1n) is 6.21. The van der Waals surface area contributed by atoms with Gasteiger partial charge in [0.15, 0.2) is 0 Å². The standard InChI is InChI=1S/C15H11BrClFN2O/c1-21-10-3-5-14-12(7-10)19-15(8-17)20(14)13-4-2-9(16)6-11(13)18/h2-7H,8H2,1H3. The van der Waals surface area contributed by atoms with E-state index in [1.807, 2.05) is 12.1 Å². The molecule has 0 aliphatic rings. The third-order valence-electron chi connectivity index (χ3n) is 3.20. The van der Waals surface area contributed by atoms with Gasteiger partial charge in [0.25, 0.3) is 0 Å². The summed E-state index contributed by atoms with van der Waals surface area (Å²) in [7, 11) is 1.59. The molecule has 6 heteroatoms. The first-order valence-corrected chi connectivity index (χ1v) is 7.53. The fourth-order valence-electron chi connectivity index (χ4n) is 2.26. The molecule has 108 valence electrons. The summed E-state index contributed by atoms with van der Waals surface area (Å²) in [4.78, 5) is 4.45. The minimum atomic E-state index is -0.342. The molecule has 0 atom stereocenters. The van der Waals surface area contributed by atoms with Crippen LogP contribution in [0.2, 0.25) is 0 Å². The van der Waals surface area contributed by atoms with Gasteiger partial charge in [0.05, 0.1) is 29.7 Å². The third kappa shape index (κ3) is 2.51. The molecule has 0 aliphatic carbocycles. The molecule has 1 heterocycles.